The Morgan fingerprint density at radius 3 is 2.44 bits per heavy atom. The fourth-order valence-electron chi connectivity index (χ4n) is 3.10. The van der Waals surface area contributed by atoms with Gasteiger partial charge >= 0.3 is 0 Å². The first-order valence-electron chi connectivity index (χ1n) is 8.91. The highest BCUT2D eigenvalue weighted by atomic mass is 31.0. The maximum atomic E-state index is 12.5. The molecule has 3 rings (SSSR count). The molecule has 1 unspecified atom stereocenters. The lowest BCUT2D eigenvalue weighted by molar-refractivity contribution is 0.367. The van der Waals surface area contributed by atoms with Gasteiger partial charge in [-0.3, -0.25) is 4.79 Å². The Balaban J connectivity index is 1.96. The molecule has 0 radical (unpaired) electrons. The first-order valence-corrected chi connectivity index (χ1v) is 9.73. The molecule has 0 aliphatic carbocycles. The Morgan fingerprint density at radius 2 is 1.78 bits per heavy atom. The molecule has 5 nitrogen and oxygen atoms in total. The number of phenols is 2. The van der Waals surface area contributed by atoms with Crippen LogP contribution in [-0.4, -0.2) is 23.5 Å². The summed E-state index contributed by atoms with van der Waals surface area (Å²) in [5.41, 5.74) is 1.61. The van der Waals surface area contributed by atoms with E-state index in [2.05, 4.69) is 9.24 Å². The molecular weight excluding hydrogens is 363 g/mol. The highest BCUT2D eigenvalue weighted by Gasteiger charge is 2.18. The van der Waals surface area contributed by atoms with Crippen LogP contribution in [0.4, 0.5) is 0 Å². The van der Waals surface area contributed by atoms with Gasteiger partial charge in [0.15, 0.2) is 16.8 Å². The maximum absolute atomic E-state index is 12.5. The van der Waals surface area contributed by atoms with E-state index in [4.69, 9.17) is 9.15 Å². The van der Waals surface area contributed by atoms with Crippen molar-refractivity contribution in [1.82, 2.24) is 0 Å². The minimum Gasteiger partial charge on any atom is -0.507 e. The predicted molar refractivity (Wildman–Crippen MR) is 110 cm³/mol. The molecule has 0 saturated carbocycles. The van der Waals surface area contributed by atoms with Gasteiger partial charge in [-0.1, -0.05) is 30.7 Å². The van der Waals surface area contributed by atoms with Crippen molar-refractivity contribution < 1.29 is 19.4 Å². The number of unbranched alkanes of at least 4 members (excludes halogenated alkanes) is 2. The molecular formula is C21H23O5P. The standard InChI is InChI=1S/C21H23O5P/c1-25-20-17(24)11-15(22)19-16(23)12-18(26-21(19)20)14-8-6-13(7-9-14)5-3-2-4-10-27/h6-9,11-12,22,24H,2-5,10,27H2,1H3. The molecule has 0 aliphatic heterocycles. The second kappa shape index (κ2) is 8.45. The summed E-state index contributed by atoms with van der Waals surface area (Å²) in [4.78, 5) is 12.5. The summed E-state index contributed by atoms with van der Waals surface area (Å²) < 4.78 is 11.0. The van der Waals surface area contributed by atoms with Gasteiger partial charge < -0.3 is 19.4 Å². The molecule has 0 amide bonds. The number of hydrogen-bond acceptors (Lipinski definition) is 5. The maximum Gasteiger partial charge on any atom is 0.204 e. The second-order valence-electron chi connectivity index (χ2n) is 6.42. The number of phenolic OH excluding ortho intramolecular Hbond substituents is 2. The van der Waals surface area contributed by atoms with Crippen LogP contribution in [0, 0.1) is 0 Å². The van der Waals surface area contributed by atoms with E-state index < -0.39 is 5.43 Å². The number of rotatable bonds is 7. The van der Waals surface area contributed by atoms with Gasteiger partial charge in [-0.05, 0) is 31.0 Å². The van der Waals surface area contributed by atoms with Crippen LogP contribution in [-0.2, 0) is 6.42 Å². The smallest absolute Gasteiger partial charge is 0.204 e. The second-order valence-corrected chi connectivity index (χ2v) is 7.00. The zero-order valence-corrected chi connectivity index (χ0v) is 16.4. The van der Waals surface area contributed by atoms with E-state index in [0.717, 1.165) is 30.6 Å². The Morgan fingerprint density at radius 1 is 1.04 bits per heavy atom. The quantitative estimate of drug-likeness (QED) is 0.463. The van der Waals surface area contributed by atoms with Crippen molar-refractivity contribution in [3.8, 4) is 28.6 Å². The van der Waals surface area contributed by atoms with E-state index in [1.807, 2.05) is 24.3 Å². The van der Waals surface area contributed by atoms with Gasteiger partial charge in [0, 0.05) is 17.7 Å². The number of hydrogen-bond donors (Lipinski definition) is 2. The SMILES string of the molecule is COc1c(O)cc(O)c2c(=O)cc(-c3ccc(CCCCCP)cc3)oc12. The number of aromatic hydroxyl groups is 2. The lowest BCUT2D eigenvalue weighted by Gasteiger charge is -2.10. The summed E-state index contributed by atoms with van der Waals surface area (Å²) in [7, 11) is 4.11. The van der Waals surface area contributed by atoms with Crippen LogP contribution in [0.3, 0.4) is 0 Å². The fraction of sp³-hybridized carbons (Fsp3) is 0.286. The highest BCUT2D eigenvalue weighted by molar-refractivity contribution is 7.16. The van der Waals surface area contributed by atoms with Crippen molar-refractivity contribution in [3.05, 3.63) is 52.2 Å². The van der Waals surface area contributed by atoms with Crippen molar-refractivity contribution in [3.63, 3.8) is 0 Å². The van der Waals surface area contributed by atoms with Gasteiger partial charge in [0.05, 0.1) is 7.11 Å². The van der Waals surface area contributed by atoms with Crippen LogP contribution in [0.25, 0.3) is 22.3 Å². The number of methoxy groups -OCH3 is 1. The molecule has 0 saturated heterocycles. The third-order valence-corrected chi connectivity index (χ3v) is 4.94. The van der Waals surface area contributed by atoms with E-state index in [1.165, 1.54) is 31.6 Å². The summed E-state index contributed by atoms with van der Waals surface area (Å²) in [5, 5.41) is 19.9. The third kappa shape index (κ3) is 4.09. The monoisotopic (exact) mass is 386 g/mol. The van der Waals surface area contributed by atoms with Crippen LogP contribution < -0.4 is 10.2 Å². The van der Waals surface area contributed by atoms with Gasteiger partial charge in [0.25, 0.3) is 0 Å². The highest BCUT2D eigenvalue weighted by Crippen LogP contribution is 2.40. The Hall–Kier alpha value is -2.52. The van der Waals surface area contributed by atoms with Crippen LogP contribution in [0.5, 0.6) is 17.2 Å². The average Bonchev–Trinajstić information content (AvgIpc) is 2.65. The Kier molecular flexibility index (Phi) is 6.02. The minimum absolute atomic E-state index is 0.0147. The summed E-state index contributed by atoms with van der Waals surface area (Å²) in [6.45, 7) is 0. The first-order chi connectivity index (χ1) is 13.0. The van der Waals surface area contributed by atoms with E-state index in [1.54, 1.807) is 0 Å². The molecule has 1 aromatic heterocycles. The Labute approximate surface area is 159 Å². The fourth-order valence-corrected chi connectivity index (χ4v) is 3.39. The number of fused-ring (bicyclic) bond motifs is 1. The first kappa shape index (κ1) is 19.2. The van der Waals surface area contributed by atoms with Crippen molar-refractivity contribution in [2.45, 2.75) is 25.7 Å². The van der Waals surface area contributed by atoms with Gasteiger partial charge in [-0.15, -0.1) is 9.24 Å². The molecule has 1 atom stereocenters. The van der Waals surface area contributed by atoms with Gasteiger partial charge in [-0.2, -0.15) is 0 Å². The third-order valence-electron chi connectivity index (χ3n) is 4.53. The number of ether oxygens (including phenoxy) is 1. The molecule has 0 fully saturated rings. The molecule has 2 aromatic carbocycles. The predicted octanol–water partition coefficient (Wildman–Crippen LogP) is 4.47. The largest absolute Gasteiger partial charge is 0.507 e. The molecule has 0 spiro atoms. The number of benzene rings is 2. The van der Waals surface area contributed by atoms with Crippen molar-refractivity contribution in [2.75, 3.05) is 13.3 Å². The zero-order valence-electron chi connectivity index (χ0n) is 15.2. The van der Waals surface area contributed by atoms with E-state index in [0.29, 0.717) is 5.76 Å². The Bertz CT molecular complexity index is 992. The molecule has 2 N–H and O–H groups in total. The van der Waals surface area contributed by atoms with Crippen LogP contribution in [0.15, 0.2) is 45.6 Å². The molecule has 0 aliphatic rings. The summed E-state index contributed by atoms with van der Waals surface area (Å²) >= 11 is 0. The minimum atomic E-state index is -0.399. The van der Waals surface area contributed by atoms with Crippen LogP contribution in [0.1, 0.15) is 24.8 Å². The normalized spacial score (nSPS) is 11.0. The number of aryl methyl sites for hydroxylation is 1. The molecule has 6 heteroatoms. The zero-order chi connectivity index (χ0) is 19.4. The molecule has 3 aromatic rings. The van der Waals surface area contributed by atoms with Gasteiger partial charge in [-0.25, -0.2) is 0 Å². The summed E-state index contributed by atoms with van der Waals surface area (Å²) in [6, 6.07) is 10.3. The van der Waals surface area contributed by atoms with Crippen molar-refractivity contribution in [1.29, 1.82) is 0 Å². The van der Waals surface area contributed by atoms with Gasteiger partial charge in [0.2, 0.25) is 5.75 Å². The van der Waals surface area contributed by atoms with E-state index in [9.17, 15) is 15.0 Å². The lowest BCUT2D eigenvalue weighted by atomic mass is 10.0. The van der Waals surface area contributed by atoms with Crippen LogP contribution in [0.2, 0.25) is 0 Å². The van der Waals surface area contributed by atoms with Crippen molar-refractivity contribution in [2.24, 2.45) is 0 Å². The molecule has 142 valence electrons. The molecule has 1 heterocycles. The van der Waals surface area contributed by atoms with Gasteiger partial charge in [0.1, 0.15) is 16.9 Å². The summed E-state index contributed by atoms with van der Waals surface area (Å²) in [5.74, 6) is -0.258. The van der Waals surface area contributed by atoms with Crippen LogP contribution >= 0.6 is 9.24 Å². The topological polar surface area (TPSA) is 79.9 Å². The van der Waals surface area contributed by atoms with E-state index >= 15 is 0 Å². The average molecular weight is 386 g/mol. The van der Waals surface area contributed by atoms with Crippen molar-refractivity contribution >= 4 is 20.2 Å². The molecule has 0 bridgehead atoms. The summed E-state index contributed by atoms with van der Waals surface area (Å²) in [6.07, 6.45) is 5.72. The molecule has 27 heavy (non-hydrogen) atoms. The lowest BCUT2D eigenvalue weighted by Crippen LogP contribution is -2.02. The van der Waals surface area contributed by atoms with E-state index in [-0.39, 0.29) is 28.2 Å².